The molecule has 0 aliphatic heterocycles. The molecule has 0 aliphatic rings. The van der Waals surface area contributed by atoms with Gasteiger partial charge in [-0.05, 0) is 57.6 Å². The zero-order chi connectivity index (χ0) is 13.6. The first-order valence-corrected chi connectivity index (χ1v) is 7.07. The quantitative estimate of drug-likeness (QED) is 0.784. The van der Waals surface area contributed by atoms with Gasteiger partial charge in [-0.3, -0.25) is 0 Å². The first-order valence-electron chi connectivity index (χ1n) is 7.07. The summed E-state index contributed by atoms with van der Waals surface area (Å²) in [6.45, 7) is 12.5. The maximum absolute atomic E-state index is 3.58. The van der Waals surface area contributed by atoms with Gasteiger partial charge in [0.25, 0.3) is 0 Å². The van der Waals surface area contributed by atoms with Crippen molar-refractivity contribution in [2.45, 2.75) is 59.4 Å². The smallest absolute Gasteiger partial charge is 0.00965 e. The van der Waals surface area contributed by atoms with Crippen LogP contribution >= 0.6 is 0 Å². The average molecular weight is 247 g/mol. The second-order valence-corrected chi connectivity index (χ2v) is 7.08. The van der Waals surface area contributed by atoms with Crippen LogP contribution in [-0.2, 0) is 6.42 Å². The van der Waals surface area contributed by atoms with Gasteiger partial charge in [-0.15, -0.1) is 0 Å². The largest absolute Gasteiger partial charge is 0.312 e. The van der Waals surface area contributed by atoms with E-state index in [2.05, 4.69) is 70.3 Å². The van der Waals surface area contributed by atoms with Crippen LogP contribution in [0, 0.1) is 5.41 Å². The van der Waals surface area contributed by atoms with Crippen LogP contribution in [0.4, 0.5) is 0 Å². The Labute approximate surface area is 113 Å². The van der Waals surface area contributed by atoms with E-state index in [0.717, 1.165) is 6.54 Å². The predicted molar refractivity (Wildman–Crippen MR) is 80.9 cm³/mol. The van der Waals surface area contributed by atoms with Gasteiger partial charge in [-0.1, -0.05) is 44.2 Å². The molecule has 102 valence electrons. The molecule has 0 saturated heterocycles. The Morgan fingerprint density at radius 2 is 1.50 bits per heavy atom. The molecule has 1 aromatic carbocycles. The lowest BCUT2D eigenvalue weighted by atomic mass is 9.83. The van der Waals surface area contributed by atoms with Crippen LogP contribution < -0.4 is 5.32 Å². The second kappa shape index (κ2) is 6.38. The van der Waals surface area contributed by atoms with Crippen LogP contribution in [0.1, 0.15) is 53.0 Å². The van der Waals surface area contributed by atoms with Crippen molar-refractivity contribution in [3.05, 3.63) is 35.9 Å². The van der Waals surface area contributed by atoms with E-state index in [1.54, 1.807) is 0 Å². The zero-order valence-electron chi connectivity index (χ0n) is 12.7. The average Bonchev–Trinajstić information content (AvgIpc) is 2.26. The molecule has 0 bridgehead atoms. The van der Waals surface area contributed by atoms with Crippen molar-refractivity contribution >= 4 is 0 Å². The molecule has 0 amide bonds. The van der Waals surface area contributed by atoms with Crippen molar-refractivity contribution < 1.29 is 0 Å². The van der Waals surface area contributed by atoms with Crippen LogP contribution in [0.5, 0.6) is 0 Å². The highest BCUT2D eigenvalue weighted by molar-refractivity contribution is 5.14. The summed E-state index contributed by atoms with van der Waals surface area (Å²) in [5.74, 6) is 0. The van der Waals surface area contributed by atoms with Gasteiger partial charge in [0.15, 0.2) is 0 Å². The topological polar surface area (TPSA) is 12.0 Å². The fraction of sp³-hybridized carbons (Fsp3) is 0.647. The third-order valence-corrected chi connectivity index (χ3v) is 3.39. The van der Waals surface area contributed by atoms with Crippen LogP contribution in [0.15, 0.2) is 30.3 Å². The number of benzene rings is 1. The van der Waals surface area contributed by atoms with Gasteiger partial charge in [0.05, 0.1) is 0 Å². The van der Waals surface area contributed by atoms with Crippen LogP contribution in [-0.4, -0.2) is 12.1 Å². The van der Waals surface area contributed by atoms with Crippen molar-refractivity contribution in [1.29, 1.82) is 0 Å². The first-order chi connectivity index (χ1) is 8.29. The van der Waals surface area contributed by atoms with Gasteiger partial charge < -0.3 is 5.32 Å². The van der Waals surface area contributed by atoms with E-state index in [0.29, 0.717) is 5.41 Å². The van der Waals surface area contributed by atoms with Crippen LogP contribution in [0.2, 0.25) is 0 Å². The van der Waals surface area contributed by atoms with Crippen molar-refractivity contribution in [2.75, 3.05) is 6.54 Å². The molecule has 0 unspecified atom stereocenters. The fourth-order valence-electron chi connectivity index (χ4n) is 2.03. The number of hydrogen-bond acceptors (Lipinski definition) is 1. The molecule has 1 aromatic rings. The Morgan fingerprint density at radius 3 is 2.06 bits per heavy atom. The molecule has 18 heavy (non-hydrogen) atoms. The van der Waals surface area contributed by atoms with Crippen molar-refractivity contribution in [2.24, 2.45) is 5.41 Å². The van der Waals surface area contributed by atoms with E-state index in [1.807, 2.05) is 0 Å². The van der Waals surface area contributed by atoms with Crippen molar-refractivity contribution in [3.63, 3.8) is 0 Å². The molecule has 0 aromatic heterocycles. The minimum Gasteiger partial charge on any atom is -0.312 e. The maximum atomic E-state index is 3.58. The maximum Gasteiger partial charge on any atom is 0.00965 e. The van der Waals surface area contributed by atoms with E-state index in [9.17, 15) is 0 Å². The zero-order valence-corrected chi connectivity index (χ0v) is 12.7. The summed E-state index contributed by atoms with van der Waals surface area (Å²) in [6.07, 6.45) is 3.67. The van der Waals surface area contributed by atoms with E-state index < -0.39 is 0 Å². The van der Waals surface area contributed by atoms with E-state index in [1.165, 1.54) is 24.8 Å². The third-order valence-electron chi connectivity index (χ3n) is 3.39. The lowest BCUT2D eigenvalue weighted by molar-refractivity contribution is 0.284. The van der Waals surface area contributed by atoms with Crippen LogP contribution in [0.3, 0.4) is 0 Å². The first kappa shape index (κ1) is 15.2. The normalized spacial score (nSPS) is 12.7. The Balaban J connectivity index is 2.31. The molecule has 0 radical (unpaired) electrons. The SMILES string of the molecule is CC(C)(CCNC(C)(C)C)CCc1ccccc1. The lowest BCUT2D eigenvalue weighted by Gasteiger charge is -2.28. The summed E-state index contributed by atoms with van der Waals surface area (Å²) in [4.78, 5) is 0. The Kier molecular flexibility index (Phi) is 5.40. The van der Waals surface area contributed by atoms with E-state index in [4.69, 9.17) is 0 Å². The molecule has 0 atom stereocenters. The minimum absolute atomic E-state index is 0.232. The van der Waals surface area contributed by atoms with Crippen LogP contribution in [0.25, 0.3) is 0 Å². The number of nitrogens with one attached hydrogen (secondary N) is 1. The molecule has 0 heterocycles. The van der Waals surface area contributed by atoms with Crippen molar-refractivity contribution in [3.8, 4) is 0 Å². The molecule has 1 heteroatoms. The minimum atomic E-state index is 0.232. The summed E-state index contributed by atoms with van der Waals surface area (Å²) in [5.41, 5.74) is 2.10. The highest BCUT2D eigenvalue weighted by Gasteiger charge is 2.18. The van der Waals surface area contributed by atoms with Gasteiger partial charge in [-0.2, -0.15) is 0 Å². The summed E-state index contributed by atoms with van der Waals surface area (Å²) in [6, 6.07) is 10.8. The third kappa shape index (κ3) is 6.80. The molecule has 0 spiro atoms. The molecule has 1 N–H and O–H groups in total. The molecule has 1 nitrogen and oxygen atoms in total. The Bertz CT molecular complexity index is 332. The summed E-state index contributed by atoms with van der Waals surface area (Å²) >= 11 is 0. The number of aryl methyl sites for hydroxylation is 1. The van der Waals surface area contributed by atoms with E-state index >= 15 is 0 Å². The van der Waals surface area contributed by atoms with Gasteiger partial charge in [-0.25, -0.2) is 0 Å². The van der Waals surface area contributed by atoms with Gasteiger partial charge >= 0.3 is 0 Å². The fourth-order valence-corrected chi connectivity index (χ4v) is 2.03. The molecule has 0 aliphatic carbocycles. The number of rotatable bonds is 6. The predicted octanol–water partition coefficient (Wildman–Crippen LogP) is 4.42. The van der Waals surface area contributed by atoms with Gasteiger partial charge in [0.1, 0.15) is 0 Å². The summed E-state index contributed by atoms with van der Waals surface area (Å²) in [5, 5.41) is 3.58. The number of hydrogen-bond donors (Lipinski definition) is 1. The van der Waals surface area contributed by atoms with Gasteiger partial charge in [0.2, 0.25) is 0 Å². The standard InChI is InChI=1S/C17H29N/c1-16(2,3)18-14-13-17(4,5)12-11-15-9-7-6-8-10-15/h6-10,18H,11-14H2,1-5H3. The van der Waals surface area contributed by atoms with Gasteiger partial charge in [0, 0.05) is 5.54 Å². The highest BCUT2D eigenvalue weighted by Crippen LogP contribution is 2.26. The monoisotopic (exact) mass is 247 g/mol. The molecule has 0 saturated carbocycles. The second-order valence-electron chi connectivity index (χ2n) is 7.08. The highest BCUT2D eigenvalue weighted by atomic mass is 14.9. The Hall–Kier alpha value is -0.820. The molecular formula is C17H29N. The molecular weight excluding hydrogens is 218 g/mol. The van der Waals surface area contributed by atoms with Crippen molar-refractivity contribution in [1.82, 2.24) is 5.32 Å². The Morgan fingerprint density at radius 1 is 0.889 bits per heavy atom. The molecule has 1 rings (SSSR count). The lowest BCUT2D eigenvalue weighted by Crippen LogP contribution is -2.38. The van der Waals surface area contributed by atoms with E-state index in [-0.39, 0.29) is 5.54 Å². The summed E-state index contributed by atoms with van der Waals surface area (Å²) in [7, 11) is 0. The summed E-state index contributed by atoms with van der Waals surface area (Å²) < 4.78 is 0. The molecule has 0 fully saturated rings.